The molecule has 0 heterocycles. The van der Waals surface area contributed by atoms with Crippen molar-refractivity contribution >= 4 is 5.78 Å². The van der Waals surface area contributed by atoms with Crippen LogP contribution >= 0.6 is 0 Å². The topological polar surface area (TPSA) is 57.5 Å². The highest BCUT2D eigenvalue weighted by Crippen LogP contribution is 2.71. The van der Waals surface area contributed by atoms with E-state index in [1.54, 1.807) is 0 Å². The molecule has 0 aromatic heterocycles. The zero-order valence-electron chi connectivity index (χ0n) is 22.3. The number of carbonyl (C=O) groups excluding carboxylic acids is 1. The van der Waals surface area contributed by atoms with Crippen molar-refractivity contribution in [3.05, 3.63) is 22.8 Å². The Morgan fingerprint density at radius 2 is 1.82 bits per heavy atom. The van der Waals surface area contributed by atoms with Crippen molar-refractivity contribution in [1.82, 2.24) is 0 Å². The standard InChI is InChI=1S/C30H48O3/c1-19(18-31)9-8-10-20(2)21-11-16-30(7)26-22(12-15-29(21,30)6)28(5)14-13-25(33)27(3,4)24(28)17-23(26)32/h9,20-21,24-25,31,33H,8,10-18H2,1-7H3/b19-9+. The fourth-order valence-corrected chi connectivity index (χ4v) is 9.16. The first-order valence-corrected chi connectivity index (χ1v) is 13.5. The summed E-state index contributed by atoms with van der Waals surface area (Å²) >= 11 is 0. The lowest BCUT2D eigenvalue weighted by molar-refractivity contribution is -0.134. The molecule has 0 spiro atoms. The Bertz CT molecular complexity index is 866. The predicted octanol–water partition coefficient (Wildman–Crippen LogP) is 6.63. The van der Waals surface area contributed by atoms with Gasteiger partial charge in [-0.05, 0) is 92.3 Å². The minimum absolute atomic E-state index is 0.0262. The van der Waals surface area contributed by atoms with Gasteiger partial charge in [-0.3, -0.25) is 4.79 Å². The van der Waals surface area contributed by atoms with Gasteiger partial charge in [0.25, 0.3) is 0 Å². The second kappa shape index (κ2) is 8.33. The lowest BCUT2D eigenvalue weighted by atomic mass is 9.43. The predicted molar refractivity (Wildman–Crippen MR) is 135 cm³/mol. The van der Waals surface area contributed by atoms with Crippen LogP contribution in [0.4, 0.5) is 0 Å². The zero-order valence-corrected chi connectivity index (χ0v) is 22.3. The maximum atomic E-state index is 13.9. The molecule has 0 aromatic rings. The third-order valence-corrected chi connectivity index (χ3v) is 11.7. The summed E-state index contributed by atoms with van der Waals surface area (Å²) in [5.41, 5.74) is 3.73. The average Bonchev–Trinajstić information content (AvgIpc) is 3.04. The first kappa shape index (κ1) is 25.2. The maximum Gasteiger partial charge on any atom is 0.159 e. The minimum Gasteiger partial charge on any atom is -0.393 e. The Labute approximate surface area is 202 Å². The van der Waals surface area contributed by atoms with Crippen molar-refractivity contribution in [2.75, 3.05) is 6.61 Å². The molecule has 33 heavy (non-hydrogen) atoms. The van der Waals surface area contributed by atoms with Gasteiger partial charge in [0.2, 0.25) is 0 Å². The molecular formula is C30H48O3. The average molecular weight is 457 g/mol. The van der Waals surface area contributed by atoms with Crippen molar-refractivity contribution in [3.63, 3.8) is 0 Å². The van der Waals surface area contributed by atoms with Crippen LogP contribution in [0, 0.1) is 39.4 Å². The number of hydrogen-bond donors (Lipinski definition) is 2. The maximum absolute atomic E-state index is 13.9. The normalized spacial score (nSPS) is 43.7. The molecule has 0 aliphatic heterocycles. The van der Waals surface area contributed by atoms with Crippen molar-refractivity contribution < 1.29 is 15.0 Å². The third-order valence-electron chi connectivity index (χ3n) is 11.7. The van der Waals surface area contributed by atoms with Crippen LogP contribution in [-0.2, 0) is 4.79 Å². The Morgan fingerprint density at radius 3 is 2.48 bits per heavy atom. The molecule has 0 bridgehead atoms. The molecule has 2 fully saturated rings. The molecular weight excluding hydrogens is 408 g/mol. The highest BCUT2D eigenvalue weighted by molar-refractivity contribution is 5.99. The second-order valence-corrected chi connectivity index (χ2v) is 13.5. The van der Waals surface area contributed by atoms with E-state index in [1.807, 2.05) is 6.92 Å². The lowest BCUT2D eigenvalue weighted by Crippen LogP contribution is -2.57. The Balaban J connectivity index is 1.67. The van der Waals surface area contributed by atoms with Crippen LogP contribution in [0.3, 0.4) is 0 Å². The summed E-state index contributed by atoms with van der Waals surface area (Å²) in [7, 11) is 0. The number of allylic oxidation sites excluding steroid dienone is 3. The van der Waals surface area contributed by atoms with Gasteiger partial charge in [0.15, 0.2) is 5.78 Å². The summed E-state index contributed by atoms with van der Waals surface area (Å²) < 4.78 is 0. The number of Topliss-reactive ketones (excluding diaryl/α,β-unsaturated/α-hetero) is 1. The first-order valence-electron chi connectivity index (χ1n) is 13.5. The van der Waals surface area contributed by atoms with Gasteiger partial charge in [-0.1, -0.05) is 58.8 Å². The van der Waals surface area contributed by atoms with Crippen LogP contribution in [-0.4, -0.2) is 28.7 Å². The van der Waals surface area contributed by atoms with Gasteiger partial charge in [-0.2, -0.15) is 0 Å². The molecule has 2 N–H and O–H groups in total. The third kappa shape index (κ3) is 3.54. The molecule has 186 valence electrons. The van der Waals surface area contributed by atoms with E-state index in [9.17, 15) is 15.0 Å². The smallest absolute Gasteiger partial charge is 0.159 e. The summed E-state index contributed by atoms with van der Waals surface area (Å²) in [6, 6.07) is 0. The highest BCUT2D eigenvalue weighted by Gasteiger charge is 2.65. The van der Waals surface area contributed by atoms with Gasteiger partial charge in [0.1, 0.15) is 0 Å². The fraction of sp³-hybridized carbons (Fsp3) is 0.833. The van der Waals surface area contributed by atoms with Crippen molar-refractivity contribution in [2.24, 2.45) is 39.4 Å². The number of fused-ring (bicyclic) bond motifs is 4. The summed E-state index contributed by atoms with van der Waals surface area (Å²) in [6.07, 6.45) is 11.1. The van der Waals surface area contributed by atoms with E-state index < -0.39 is 0 Å². The molecule has 3 heteroatoms. The van der Waals surface area contributed by atoms with Gasteiger partial charge in [-0.25, -0.2) is 0 Å². The van der Waals surface area contributed by atoms with Crippen LogP contribution < -0.4 is 0 Å². The van der Waals surface area contributed by atoms with Gasteiger partial charge >= 0.3 is 0 Å². The number of rotatable bonds is 5. The van der Waals surface area contributed by atoms with Gasteiger partial charge in [-0.15, -0.1) is 0 Å². The van der Waals surface area contributed by atoms with Crippen molar-refractivity contribution in [2.45, 2.75) is 112 Å². The van der Waals surface area contributed by atoms with Crippen LogP contribution in [0.25, 0.3) is 0 Å². The highest BCUT2D eigenvalue weighted by atomic mass is 16.3. The van der Waals surface area contributed by atoms with Crippen LogP contribution in [0.2, 0.25) is 0 Å². The molecule has 7 unspecified atom stereocenters. The zero-order chi connectivity index (χ0) is 24.4. The second-order valence-electron chi connectivity index (χ2n) is 13.5. The molecule has 3 nitrogen and oxygen atoms in total. The Kier molecular flexibility index (Phi) is 6.35. The van der Waals surface area contributed by atoms with Crippen molar-refractivity contribution in [3.8, 4) is 0 Å². The van der Waals surface area contributed by atoms with Gasteiger partial charge < -0.3 is 10.2 Å². The Morgan fingerprint density at radius 1 is 1.12 bits per heavy atom. The molecule has 0 radical (unpaired) electrons. The van der Waals surface area contributed by atoms with E-state index in [4.69, 9.17) is 0 Å². The van der Waals surface area contributed by atoms with Gasteiger partial charge in [0.05, 0.1) is 12.7 Å². The molecule has 7 atom stereocenters. The van der Waals surface area contributed by atoms with Crippen LogP contribution in [0.15, 0.2) is 22.8 Å². The molecule has 0 saturated heterocycles. The molecule has 2 saturated carbocycles. The largest absolute Gasteiger partial charge is 0.393 e. The quantitative estimate of drug-likeness (QED) is 0.456. The monoisotopic (exact) mass is 456 g/mol. The lowest BCUT2D eigenvalue weighted by Gasteiger charge is -2.61. The molecule has 0 amide bonds. The summed E-state index contributed by atoms with van der Waals surface area (Å²) in [6.45, 7) is 16.3. The summed E-state index contributed by atoms with van der Waals surface area (Å²) in [5, 5.41) is 20.1. The molecule has 0 aromatic carbocycles. The van der Waals surface area contributed by atoms with E-state index in [2.05, 4.69) is 47.6 Å². The van der Waals surface area contributed by atoms with Crippen LogP contribution in [0.1, 0.15) is 106 Å². The van der Waals surface area contributed by atoms with E-state index in [0.29, 0.717) is 24.0 Å². The van der Waals surface area contributed by atoms with Crippen LogP contribution in [0.5, 0.6) is 0 Å². The number of carbonyl (C=O) groups is 1. The SMILES string of the molecule is C/C(=C\CCC(C)C1CCC2(C)C3=C(CCC12C)C1(C)CCC(O)C(C)(C)C1CC3=O)CO. The Hall–Kier alpha value is -0.930. The minimum atomic E-state index is -0.310. The number of aliphatic hydroxyl groups is 2. The molecule has 4 aliphatic rings. The van der Waals surface area contributed by atoms with Gasteiger partial charge in [0, 0.05) is 17.4 Å². The summed E-state index contributed by atoms with van der Waals surface area (Å²) in [5.74, 6) is 1.89. The molecule has 4 rings (SSSR count). The van der Waals surface area contributed by atoms with E-state index >= 15 is 0 Å². The number of aliphatic hydroxyl groups excluding tert-OH is 2. The van der Waals surface area contributed by atoms with Crippen molar-refractivity contribution in [1.29, 1.82) is 0 Å². The number of ketones is 1. The first-order chi connectivity index (χ1) is 15.3. The molecule has 4 aliphatic carbocycles. The fourth-order valence-electron chi connectivity index (χ4n) is 9.16. The summed E-state index contributed by atoms with van der Waals surface area (Å²) in [4.78, 5) is 13.9. The van der Waals surface area contributed by atoms with E-state index in [1.165, 1.54) is 24.0 Å². The number of hydrogen-bond acceptors (Lipinski definition) is 3. The van der Waals surface area contributed by atoms with E-state index in [-0.39, 0.29) is 40.3 Å². The van der Waals surface area contributed by atoms with E-state index in [0.717, 1.165) is 44.1 Å².